The van der Waals surface area contributed by atoms with Gasteiger partial charge >= 0.3 is 5.97 Å². The standard InChI is InChI=1S/C20H25ClN4O5/c1-20(2,3)23-15(26)11-25(4)17(27)12-29-18(28)10-9-16-22-19(24-30-16)13-5-7-14(21)8-6-13/h5-8H,9-12H2,1-4H3,(H,23,26). The largest absolute Gasteiger partial charge is 0.456 e. The summed E-state index contributed by atoms with van der Waals surface area (Å²) in [6.45, 7) is 4.96. The molecular weight excluding hydrogens is 412 g/mol. The Kier molecular flexibility index (Phi) is 7.93. The molecule has 2 rings (SSSR count). The van der Waals surface area contributed by atoms with Gasteiger partial charge in [-0.05, 0) is 45.0 Å². The highest BCUT2D eigenvalue weighted by molar-refractivity contribution is 6.30. The van der Waals surface area contributed by atoms with Gasteiger partial charge in [-0.1, -0.05) is 16.8 Å². The summed E-state index contributed by atoms with van der Waals surface area (Å²) in [6.07, 6.45) is 0.154. The predicted octanol–water partition coefficient (Wildman–Crippen LogP) is 2.24. The van der Waals surface area contributed by atoms with Crippen LogP contribution in [0.3, 0.4) is 0 Å². The Bertz CT molecular complexity index is 889. The lowest BCUT2D eigenvalue weighted by Gasteiger charge is -2.23. The maximum Gasteiger partial charge on any atom is 0.306 e. The van der Waals surface area contributed by atoms with Crippen molar-refractivity contribution in [3.05, 3.63) is 35.2 Å². The van der Waals surface area contributed by atoms with Gasteiger partial charge in [-0.2, -0.15) is 4.98 Å². The summed E-state index contributed by atoms with van der Waals surface area (Å²) >= 11 is 5.85. The van der Waals surface area contributed by atoms with Gasteiger partial charge in [0.05, 0.1) is 13.0 Å². The van der Waals surface area contributed by atoms with Crippen molar-refractivity contribution in [2.75, 3.05) is 20.2 Å². The van der Waals surface area contributed by atoms with Gasteiger partial charge in [0.2, 0.25) is 17.6 Å². The van der Waals surface area contributed by atoms with Gasteiger partial charge in [-0.3, -0.25) is 14.4 Å². The average molecular weight is 437 g/mol. The van der Waals surface area contributed by atoms with Gasteiger partial charge < -0.3 is 19.5 Å². The zero-order chi connectivity index (χ0) is 22.3. The van der Waals surface area contributed by atoms with E-state index in [1.807, 2.05) is 20.8 Å². The maximum absolute atomic E-state index is 12.0. The van der Waals surface area contributed by atoms with Crippen LogP contribution in [0.5, 0.6) is 0 Å². The second-order valence-corrected chi connectivity index (χ2v) is 8.16. The van der Waals surface area contributed by atoms with E-state index in [0.29, 0.717) is 10.8 Å². The minimum atomic E-state index is -0.581. The van der Waals surface area contributed by atoms with E-state index in [2.05, 4.69) is 15.5 Å². The Balaban J connectivity index is 1.74. The van der Waals surface area contributed by atoms with E-state index in [1.54, 1.807) is 24.3 Å². The Labute approximate surface area is 179 Å². The van der Waals surface area contributed by atoms with E-state index in [-0.39, 0.29) is 31.2 Å². The lowest BCUT2D eigenvalue weighted by molar-refractivity contribution is -0.152. The molecule has 9 nitrogen and oxygen atoms in total. The van der Waals surface area contributed by atoms with Gasteiger partial charge in [0.1, 0.15) is 0 Å². The number of amides is 2. The SMILES string of the molecule is CN(CC(=O)NC(C)(C)C)C(=O)COC(=O)CCc1nc(-c2ccc(Cl)cc2)no1. The molecular formula is C20H25ClN4O5. The highest BCUT2D eigenvalue weighted by Gasteiger charge is 2.19. The van der Waals surface area contributed by atoms with E-state index < -0.39 is 24.0 Å². The summed E-state index contributed by atoms with van der Waals surface area (Å²) in [6, 6.07) is 6.94. The van der Waals surface area contributed by atoms with Gasteiger partial charge in [0.15, 0.2) is 6.61 Å². The number of aromatic nitrogens is 2. The van der Waals surface area contributed by atoms with Gasteiger partial charge in [0.25, 0.3) is 5.91 Å². The Morgan fingerprint density at radius 2 is 1.87 bits per heavy atom. The molecule has 0 saturated heterocycles. The molecule has 0 aliphatic heterocycles. The number of hydrogen-bond acceptors (Lipinski definition) is 7. The third-order valence-electron chi connectivity index (χ3n) is 3.79. The molecule has 10 heteroatoms. The summed E-state index contributed by atoms with van der Waals surface area (Å²) in [5, 5.41) is 7.22. The van der Waals surface area contributed by atoms with Crippen LogP contribution in [0.15, 0.2) is 28.8 Å². The lowest BCUT2D eigenvalue weighted by Crippen LogP contribution is -2.46. The maximum atomic E-state index is 12.0. The number of carbonyl (C=O) groups is 3. The van der Waals surface area contributed by atoms with Gasteiger partial charge in [-0.25, -0.2) is 0 Å². The monoisotopic (exact) mass is 436 g/mol. The van der Waals surface area contributed by atoms with Crippen molar-refractivity contribution in [1.29, 1.82) is 0 Å². The summed E-state index contributed by atoms with van der Waals surface area (Å²) < 4.78 is 10.1. The van der Waals surface area contributed by atoms with Crippen LogP contribution in [-0.2, 0) is 25.5 Å². The number of ether oxygens (including phenoxy) is 1. The molecule has 0 aliphatic rings. The molecule has 0 saturated carbocycles. The number of nitrogens with zero attached hydrogens (tertiary/aromatic N) is 3. The molecule has 0 unspecified atom stereocenters. The molecule has 1 N–H and O–H groups in total. The third kappa shape index (κ3) is 7.82. The number of rotatable bonds is 8. The van der Waals surface area contributed by atoms with Crippen molar-refractivity contribution in [3.63, 3.8) is 0 Å². The van der Waals surface area contributed by atoms with Crippen LogP contribution >= 0.6 is 11.6 Å². The summed E-state index contributed by atoms with van der Waals surface area (Å²) in [7, 11) is 1.47. The Morgan fingerprint density at radius 3 is 2.50 bits per heavy atom. The Morgan fingerprint density at radius 1 is 1.20 bits per heavy atom. The number of halogens is 1. The molecule has 0 fully saturated rings. The van der Waals surface area contributed by atoms with Gasteiger partial charge in [0, 0.05) is 29.6 Å². The van der Waals surface area contributed by atoms with Crippen LogP contribution in [0, 0.1) is 0 Å². The first-order valence-corrected chi connectivity index (χ1v) is 9.70. The minimum absolute atomic E-state index is 0.0241. The smallest absolute Gasteiger partial charge is 0.306 e. The summed E-state index contributed by atoms with van der Waals surface area (Å²) in [4.78, 5) is 41.2. The first kappa shape index (κ1) is 23.3. The van der Waals surface area contributed by atoms with Crippen molar-refractivity contribution >= 4 is 29.4 Å². The predicted molar refractivity (Wildman–Crippen MR) is 110 cm³/mol. The molecule has 2 amide bonds. The zero-order valence-corrected chi connectivity index (χ0v) is 18.2. The van der Waals surface area contributed by atoms with E-state index >= 15 is 0 Å². The summed E-state index contributed by atoms with van der Waals surface area (Å²) in [5.41, 5.74) is 0.344. The third-order valence-corrected chi connectivity index (χ3v) is 4.04. The first-order chi connectivity index (χ1) is 14.0. The molecule has 1 aromatic carbocycles. The molecule has 2 aromatic rings. The Hall–Kier alpha value is -2.94. The molecule has 0 atom stereocenters. The average Bonchev–Trinajstić information content (AvgIpc) is 3.12. The van der Waals surface area contributed by atoms with Crippen LogP contribution in [0.4, 0.5) is 0 Å². The number of nitrogens with one attached hydrogen (secondary N) is 1. The molecule has 162 valence electrons. The fourth-order valence-corrected chi connectivity index (χ4v) is 2.49. The number of hydrogen-bond donors (Lipinski definition) is 1. The molecule has 0 radical (unpaired) electrons. The van der Waals surface area contributed by atoms with Crippen molar-refractivity contribution in [1.82, 2.24) is 20.4 Å². The number of aryl methyl sites for hydroxylation is 1. The number of benzene rings is 1. The van der Waals surface area contributed by atoms with E-state index in [0.717, 1.165) is 5.56 Å². The van der Waals surface area contributed by atoms with Crippen LogP contribution in [0.1, 0.15) is 33.1 Å². The number of likely N-dealkylation sites (N-methyl/N-ethyl adjacent to an activating group) is 1. The minimum Gasteiger partial charge on any atom is -0.456 e. The van der Waals surface area contributed by atoms with Crippen LogP contribution < -0.4 is 5.32 Å². The van der Waals surface area contributed by atoms with Crippen molar-refractivity contribution in [2.45, 2.75) is 39.2 Å². The van der Waals surface area contributed by atoms with Gasteiger partial charge in [-0.15, -0.1) is 0 Å². The normalized spacial score (nSPS) is 11.1. The number of carbonyl (C=O) groups excluding carboxylic acids is 3. The number of esters is 1. The second-order valence-electron chi connectivity index (χ2n) is 7.73. The highest BCUT2D eigenvalue weighted by Crippen LogP contribution is 2.19. The van der Waals surface area contributed by atoms with Crippen molar-refractivity contribution in [3.8, 4) is 11.4 Å². The summed E-state index contributed by atoms with van der Waals surface area (Å²) in [5.74, 6) is -0.686. The van der Waals surface area contributed by atoms with Crippen LogP contribution in [0.25, 0.3) is 11.4 Å². The quantitative estimate of drug-likeness (QED) is 0.631. The molecule has 1 heterocycles. The topological polar surface area (TPSA) is 115 Å². The molecule has 30 heavy (non-hydrogen) atoms. The molecule has 0 bridgehead atoms. The van der Waals surface area contributed by atoms with E-state index in [9.17, 15) is 14.4 Å². The zero-order valence-electron chi connectivity index (χ0n) is 17.4. The van der Waals surface area contributed by atoms with E-state index in [4.69, 9.17) is 20.9 Å². The molecule has 0 aliphatic carbocycles. The highest BCUT2D eigenvalue weighted by atomic mass is 35.5. The van der Waals surface area contributed by atoms with Crippen LogP contribution in [0.2, 0.25) is 5.02 Å². The molecule has 0 spiro atoms. The van der Waals surface area contributed by atoms with Crippen molar-refractivity contribution in [2.24, 2.45) is 0 Å². The van der Waals surface area contributed by atoms with Crippen LogP contribution in [-0.4, -0.2) is 58.6 Å². The first-order valence-electron chi connectivity index (χ1n) is 9.32. The van der Waals surface area contributed by atoms with E-state index in [1.165, 1.54) is 11.9 Å². The second kappa shape index (κ2) is 10.2. The fourth-order valence-electron chi connectivity index (χ4n) is 2.37. The lowest BCUT2D eigenvalue weighted by atomic mass is 10.1. The molecule has 1 aromatic heterocycles. The van der Waals surface area contributed by atoms with Crippen molar-refractivity contribution < 1.29 is 23.6 Å². The fraction of sp³-hybridized carbons (Fsp3) is 0.450.